The van der Waals surface area contributed by atoms with Crippen LogP contribution in [0.3, 0.4) is 0 Å². The first-order chi connectivity index (χ1) is 7.59. The molecule has 84 valence electrons. The van der Waals surface area contributed by atoms with Crippen LogP contribution in [0.2, 0.25) is 0 Å². The summed E-state index contributed by atoms with van der Waals surface area (Å²) in [6.07, 6.45) is 0. The van der Waals surface area contributed by atoms with E-state index in [-0.39, 0.29) is 0 Å². The minimum atomic E-state index is 0.319. The molecule has 2 heteroatoms. The van der Waals surface area contributed by atoms with Gasteiger partial charge in [-0.25, -0.2) is 0 Å². The van der Waals surface area contributed by atoms with E-state index < -0.39 is 0 Å². The highest BCUT2D eigenvalue weighted by atomic mass is 79.9. The van der Waals surface area contributed by atoms with E-state index in [1.807, 2.05) is 0 Å². The maximum absolute atomic E-state index is 3.81. The standard InChI is InChI=1S/C14H15BrS/c1-9-6-10(2)13(11(3)7-9)14(15)12-4-5-16-8-12/h4-8,14H,1-3H3. The second kappa shape index (κ2) is 4.72. The fraction of sp³-hybridized carbons (Fsp3) is 0.286. The van der Waals surface area contributed by atoms with Gasteiger partial charge in [0.25, 0.3) is 0 Å². The molecule has 0 amide bonds. The fourth-order valence-corrected chi connectivity index (χ4v) is 4.04. The van der Waals surface area contributed by atoms with Crippen molar-refractivity contribution in [1.82, 2.24) is 0 Å². The highest BCUT2D eigenvalue weighted by Crippen LogP contribution is 2.36. The first-order valence-corrected chi connectivity index (χ1v) is 7.19. The van der Waals surface area contributed by atoms with Crippen LogP contribution in [0.1, 0.15) is 32.6 Å². The SMILES string of the molecule is Cc1cc(C)c(C(Br)c2ccsc2)c(C)c1. The Morgan fingerprint density at radius 1 is 1.12 bits per heavy atom. The lowest BCUT2D eigenvalue weighted by Gasteiger charge is -2.16. The van der Waals surface area contributed by atoms with Gasteiger partial charge in [0.15, 0.2) is 0 Å². The van der Waals surface area contributed by atoms with E-state index in [2.05, 4.69) is 65.7 Å². The van der Waals surface area contributed by atoms with E-state index in [9.17, 15) is 0 Å². The Morgan fingerprint density at radius 2 is 1.75 bits per heavy atom. The van der Waals surface area contributed by atoms with Gasteiger partial charge < -0.3 is 0 Å². The molecule has 0 fully saturated rings. The molecule has 0 saturated carbocycles. The second-order valence-electron chi connectivity index (χ2n) is 4.23. The molecule has 0 aliphatic heterocycles. The summed E-state index contributed by atoms with van der Waals surface area (Å²) in [6.45, 7) is 6.53. The van der Waals surface area contributed by atoms with Crippen LogP contribution < -0.4 is 0 Å². The predicted molar refractivity (Wildman–Crippen MR) is 75.7 cm³/mol. The van der Waals surface area contributed by atoms with Gasteiger partial charge in [-0.2, -0.15) is 11.3 Å². The normalized spacial score (nSPS) is 12.8. The third kappa shape index (κ3) is 2.23. The van der Waals surface area contributed by atoms with Gasteiger partial charge >= 0.3 is 0 Å². The van der Waals surface area contributed by atoms with E-state index in [1.165, 1.54) is 27.8 Å². The molecule has 0 radical (unpaired) electrons. The number of benzene rings is 1. The summed E-state index contributed by atoms with van der Waals surface area (Å²) in [6, 6.07) is 6.69. The summed E-state index contributed by atoms with van der Waals surface area (Å²) < 4.78 is 0. The highest BCUT2D eigenvalue weighted by Gasteiger charge is 2.15. The van der Waals surface area contributed by atoms with Crippen molar-refractivity contribution in [3.63, 3.8) is 0 Å². The molecule has 1 atom stereocenters. The van der Waals surface area contributed by atoms with Crippen LogP contribution in [-0.4, -0.2) is 0 Å². The quantitative estimate of drug-likeness (QED) is 0.671. The molecule has 1 aromatic heterocycles. The molecule has 2 rings (SSSR count). The monoisotopic (exact) mass is 294 g/mol. The van der Waals surface area contributed by atoms with Gasteiger partial charge in [-0.15, -0.1) is 0 Å². The van der Waals surface area contributed by atoms with Crippen LogP contribution in [0.5, 0.6) is 0 Å². The molecule has 0 saturated heterocycles. The van der Waals surface area contributed by atoms with Gasteiger partial charge in [0.05, 0.1) is 4.83 Å². The maximum Gasteiger partial charge on any atom is 0.0657 e. The van der Waals surface area contributed by atoms with Crippen LogP contribution in [0.25, 0.3) is 0 Å². The summed E-state index contributed by atoms with van der Waals surface area (Å²) in [5.41, 5.74) is 6.82. The minimum Gasteiger partial charge on any atom is -0.152 e. The van der Waals surface area contributed by atoms with Gasteiger partial charge in [-0.1, -0.05) is 33.6 Å². The lowest BCUT2D eigenvalue weighted by atomic mass is 9.95. The van der Waals surface area contributed by atoms with Crippen LogP contribution >= 0.6 is 27.3 Å². The molecule has 0 bridgehead atoms. The number of hydrogen-bond donors (Lipinski definition) is 0. The van der Waals surface area contributed by atoms with E-state index in [0.29, 0.717) is 4.83 Å². The van der Waals surface area contributed by atoms with E-state index in [4.69, 9.17) is 0 Å². The minimum absolute atomic E-state index is 0.319. The van der Waals surface area contributed by atoms with Crippen molar-refractivity contribution in [3.05, 3.63) is 56.8 Å². The van der Waals surface area contributed by atoms with Crippen molar-refractivity contribution in [2.24, 2.45) is 0 Å². The van der Waals surface area contributed by atoms with Gasteiger partial charge in [0, 0.05) is 0 Å². The summed E-state index contributed by atoms with van der Waals surface area (Å²) in [7, 11) is 0. The van der Waals surface area contributed by atoms with Gasteiger partial charge in [-0.05, 0) is 59.9 Å². The average Bonchev–Trinajstić information content (AvgIpc) is 2.67. The summed E-state index contributed by atoms with van der Waals surface area (Å²) in [5, 5.41) is 4.33. The molecule has 1 unspecified atom stereocenters. The molecule has 0 aliphatic rings. The lowest BCUT2D eigenvalue weighted by molar-refractivity contribution is 1.11. The zero-order valence-electron chi connectivity index (χ0n) is 9.75. The zero-order valence-corrected chi connectivity index (χ0v) is 12.2. The fourth-order valence-electron chi connectivity index (χ4n) is 2.18. The number of halogens is 1. The van der Waals surface area contributed by atoms with Gasteiger partial charge in [0.2, 0.25) is 0 Å². The van der Waals surface area contributed by atoms with Crippen LogP contribution in [0.4, 0.5) is 0 Å². The topological polar surface area (TPSA) is 0 Å². The summed E-state index contributed by atoms with van der Waals surface area (Å²) in [5.74, 6) is 0. The van der Waals surface area contributed by atoms with Crippen molar-refractivity contribution < 1.29 is 0 Å². The molecule has 2 aromatic rings. The highest BCUT2D eigenvalue weighted by molar-refractivity contribution is 9.09. The Labute approximate surface area is 109 Å². The number of thiophene rings is 1. The van der Waals surface area contributed by atoms with Crippen molar-refractivity contribution >= 4 is 27.3 Å². The molecule has 0 spiro atoms. The Morgan fingerprint density at radius 3 is 2.25 bits per heavy atom. The van der Waals surface area contributed by atoms with E-state index >= 15 is 0 Å². The first-order valence-electron chi connectivity index (χ1n) is 5.33. The molecule has 16 heavy (non-hydrogen) atoms. The molecule has 0 aliphatic carbocycles. The first kappa shape index (κ1) is 11.9. The summed E-state index contributed by atoms with van der Waals surface area (Å²) >= 11 is 5.55. The number of rotatable bonds is 2. The molecule has 0 nitrogen and oxygen atoms in total. The molecule has 1 aromatic carbocycles. The zero-order chi connectivity index (χ0) is 11.7. The predicted octanol–water partition coefficient (Wildman–Crippen LogP) is 5.16. The number of aryl methyl sites for hydroxylation is 3. The van der Waals surface area contributed by atoms with Crippen molar-refractivity contribution in [2.75, 3.05) is 0 Å². The van der Waals surface area contributed by atoms with Gasteiger partial charge in [-0.3, -0.25) is 0 Å². The third-order valence-corrected chi connectivity index (χ3v) is 4.52. The third-order valence-electron chi connectivity index (χ3n) is 2.83. The Hall–Kier alpha value is -0.600. The van der Waals surface area contributed by atoms with E-state index in [1.54, 1.807) is 11.3 Å². The van der Waals surface area contributed by atoms with Crippen LogP contribution in [0.15, 0.2) is 29.0 Å². The smallest absolute Gasteiger partial charge is 0.0657 e. The van der Waals surface area contributed by atoms with Crippen LogP contribution in [0, 0.1) is 20.8 Å². The van der Waals surface area contributed by atoms with Crippen molar-refractivity contribution in [1.29, 1.82) is 0 Å². The Balaban J connectivity index is 2.48. The van der Waals surface area contributed by atoms with Gasteiger partial charge in [0.1, 0.15) is 0 Å². The second-order valence-corrected chi connectivity index (χ2v) is 5.93. The number of hydrogen-bond acceptors (Lipinski definition) is 1. The average molecular weight is 295 g/mol. The molecule has 1 heterocycles. The number of alkyl halides is 1. The van der Waals surface area contributed by atoms with Crippen molar-refractivity contribution in [2.45, 2.75) is 25.6 Å². The molecular formula is C14H15BrS. The molecular weight excluding hydrogens is 280 g/mol. The Kier molecular flexibility index (Phi) is 3.50. The van der Waals surface area contributed by atoms with Crippen LogP contribution in [-0.2, 0) is 0 Å². The largest absolute Gasteiger partial charge is 0.152 e. The maximum atomic E-state index is 3.81. The Bertz CT molecular complexity index is 462. The summed E-state index contributed by atoms with van der Waals surface area (Å²) in [4.78, 5) is 0.319. The van der Waals surface area contributed by atoms with Crippen molar-refractivity contribution in [3.8, 4) is 0 Å². The lowest BCUT2D eigenvalue weighted by Crippen LogP contribution is -1.98. The molecule has 0 N–H and O–H groups in total. The van der Waals surface area contributed by atoms with E-state index in [0.717, 1.165) is 0 Å².